The average Bonchev–Trinajstić information content (AvgIpc) is 2.91. The summed E-state index contributed by atoms with van der Waals surface area (Å²) in [5.41, 5.74) is 0.445. The number of urea groups is 1. The standard InChI is InChI=1S/C12H12IN3O3S/c13-20(18,19)11-4-3-10(7-9(11)8-14)15-12(17)16-5-1-2-6-16/h3-4,7H,1-2,5-6H2,(H,15,17). The van der Waals surface area contributed by atoms with E-state index in [1.54, 1.807) is 4.90 Å². The van der Waals surface area contributed by atoms with E-state index in [2.05, 4.69) is 5.32 Å². The number of carbonyl (C=O) groups is 1. The van der Waals surface area contributed by atoms with Gasteiger partial charge in [-0.3, -0.25) is 0 Å². The Labute approximate surface area is 129 Å². The van der Waals surface area contributed by atoms with Crippen molar-refractivity contribution in [1.82, 2.24) is 4.90 Å². The number of nitriles is 1. The average molecular weight is 405 g/mol. The van der Waals surface area contributed by atoms with E-state index in [9.17, 15) is 13.2 Å². The van der Waals surface area contributed by atoms with Crippen LogP contribution in [0, 0.1) is 11.3 Å². The van der Waals surface area contributed by atoms with E-state index in [1.807, 2.05) is 6.07 Å². The number of hydrogen-bond acceptors (Lipinski definition) is 4. The lowest BCUT2D eigenvalue weighted by Crippen LogP contribution is -2.32. The lowest BCUT2D eigenvalue weighted by Gasteiger charge is -2.16. The van der Waals surface area contributed by atoms with Crippen LogP contribution >= 0.6 is 21.2 Å². The van der Waals surface area contributed by atoms with Crippen molar-refractivity contribution >= 4 is 39.9 Å². The number of likely N-dealkylation sites (tertiary alicyclic amines) is 1. The van der Waals surface area contributed by atoms with Gasteiger partial charge in [0.15, 0.2) is 0 Å². The number of anilines is 1. The number of nitrogens with zero attached hydrogens (tertiary/aromatic N) is 2. The van der Waals surface area contributed by atoms with Gasteiger partial charge >= 0.3 is 6.03 Å². The third-order valence-electron chi connectivity index (χ3n) is 3.01. The van der Waals surface area contributed by atoms with Gasteiger partial charge in [-0.1, -0.05) is 0 Å². The Morgan fingerprint density at radius 1 is 1.35 bits per heavy atom. The van der Waals surface area contributed by atoms with Crippen molar-refractivity contribution < 1.29 is 13.2 Å². The zero-order chi connectivity index (χ0) is 14.8. The second-order valence-electron chi connectivity index (χ2n) is 4.38. The summed E-state index contributed by atoms with van der Waals surface area (Å²) >= 11 is 1.29. The molecular formula is C12H12IN3O3S. The van der Waals surface area contributed by atoms with Crippen molar-refractivity contribution in [3.05, 3.63) is 23.8 Å². The summed E-state index contributed by atoms with van der Waals surface area (Å²) in [4.78, 5) is 13.6. The molecule has 2 amide bonds. The fourth-order valence-electron chi connectivity index (χ4n) is 2.03. The molecule has 1 heterocycles. The Hall–Kier alpha value is -1.34. The molecule has 1 saturated heterocycles. The highest BCUT2D eigenvalue weighted by molar-refractivity contribution is 14.2. The Bertz CT molecular complexity index is 676. The Morgan fingerprint density at radius 3 is 2.55 bits per heavy atom. The number of carbonyl (C=O) groups excluding carboxylic acids is 1. The first-order valence-corrected chi connectivity index (χ1v) is 9.99. The fraction of sp³-hybridized carbons (Fsp3) is 0.333. The van der Waals surface area contributed by atoms with E-state index in [0.717, 1.165) is 25.9 Å². The minimum atomic E-state index is -3.48. The second kappa shape index (κ2) is 5.97. The van der Waals surface area contributed by atoms with Crippen molar-refractivity contribution in [2.75, 3.05) is 18.4 Å². The highest BCUT2D eigenvalue weighted by atomic mass is 127. The molecule has 20 heavy (non-hydrogen) atoms. The fourth-order valence-corrected chi connectivity index (χ4v) is 3.78. The summed E-state index contributed by atoms with van der Waals surface area (Å²) in [6, 6.07) is 5.81. The van der Waals surface area contributed by atoms with E-state index in [4.69, 9.17) is 5.26 Å². The van der Waals surface area contributed by atoms with Crippen LogP contribution < -0.4 is 5.32 Å². The van der Waals surface area contributed by atoms with Gasteiger partial charge < -0.3 is 10.2 Å². The molecule has 8 heteroatoms. The SMILES string of the molecule is N#Cc1cc(NC(=O)N2CCCC2)ccc1S(=O)(=O)I. The van der Waals surface area contributed by atoms with Gasteiger partial charge in [-0.25, -0.2) is 13.2 Å². The highest BCUT2D eigenvalue weighted by Crippen LogP contribution is 2.24. The first-order chi connectivity index (χ1) is 9.41. The van der Waals surface area contributed by atoms with Gasteiger partial charge in [-0.05, 0) is 31.0 Å². The van der Waals surface area contributed by atoms with Crippen LogP contribution in [0.25, 0.3) is 0 Å². The van der Waals surface area contributed by atoms with Crippen LogP contribution in [0.3, 0.4) is 0 Å². The second-order valence-corrected chi connectivity index (χ2v) is 9.18. The summed E-state index contributed by atoms with van der Waals surface area (Å²) in [6.45, 7) is 1.44. The lowest BCUT2D eigenvalue weighted by atomic mass is 10.2. The lowest BCUT2D eigenvalue weighted by molar-refractivity contribution is 0.222. The quantitative estimate of drug-likeness (QED) is 0.604. The van der Waals surface area contributed by atoms with Gasteiger partial charge in [0.25, 0.3) is 0 Å². The van der Waals surface area contributed by atoms with Crippen molar-refractivity contribution in [1.29, 1.82) is 5.26 Å². The summed E-state index contributed by atoms with van der Waals surface area (Å²) in [5.74, 6) is 0. The molecule has 0 aliphatic carbocycles. The maximum absolute atomic E-state index is 11.9. The predicted octanol–water partition coefficient (Wildman–Crippen LogP) is 2.31. The maximum Gasteiger partial charge on any atom is 0.321 e. The molecule has 1 aromatic rings. The van der Waals surface area contributed by atoms with Crippen molar-refractivity contribution in [2.24, 2.45) is 0 Å². The van der Waals surface area contributed by atoms with Gasteiger partial charge in [0, 0.05) is 18.8 Å². The van der Waals surface area contributed by atoms with Crippen molar-refractivity contribution in [3.63, 3.8) is 0 Å². The number of hydrogen-bond donors (Lipinski definition) is 1. The van der Waals surface area contributed by atoms with E-state index < -0.39 is 7.01 Å². The molecule has 1 fully saturated rings. The van der Waals surface area contributed by atoms with Gasteiger partial charge in [0.2, 0.25) is 7.01 Å². The summed E-state index contributed by atoms with van der Waals surface area (Å²) in [6.07, 6.45) is 1.98. The Kier molecular flexibility index (Phi) is 4.49. The first-order valence-electron chi connectivity index (χ1n) is 5.96. The molecule has 6 nitrogen and oxygen atoms in total. The maximum atomic E-state index is 11.9. The molecule has 2 rings (SSSR count). The third kappa shape index (κ3) is 3.40. The van der Waals surface area contributed by atoms with Crippen LogP contribution in [0.1, 0.15) is 18.4 Å². The van der Waals surface area contributed by atoms with Crippen LogP contribution in [-0.4, -0.2) is 32.4 Å². The van der Waals surface area contributed by atoms with E-state index in [0.29, 0.717) is 5.69 Å². The van der Waals surface area contributed by atoms with E-state index >= 15 is 0 Å². The molecule has 0 spiro atoms. The molecule has 1 aliphatic rings. The zero-order valence-electron chi connectivity index (χ0n) is 10.5. The minimum Gasteiger partial charge on any atom is -0.325 e. The molecular weight excluding hydrogens is 393 g/mol. The zero-order valence-corrected chi connectivity index (χ0v) is 13.4. The number of amides is 2. The smallest absolute Gasteiger partial charge is 0.321 e. The van der Waals surface area contributed by atoms with Crippen LogP contribution in [0.15, 0.2) is 23.1 Å². The van der Waals surface area contributed by atoms with Gasteiger partial charge in [-0.15, -0.1) is 0 Å². The topological polar surface area (TPSA) is 90.3 Å². The predicted molar refractivity (Wildman–Crippen MR) is 82.2 cm³/mol. The normalized spacial score (nSPS) is 14.9. The Morgan fingerprint density at radius 2 is 2.00 bits per heavy atom. The van der Waals surface area contributed by atoms with Crippen LogP contribution in [-0.2, 0) is 7.01 Å². The van der Waals surface area contributed by atoms with Gasteiger partial charge in [-0.2, -0.15) is 5.26 Å². The first kappa shape index (κ1) is 15.1. The number of benzene rings is 1. The molecule has 0 unspecified atom stereocenters. The molecule has 0 atom stereocenters. The number of halogens is 1. The monoisotopic (exact) mass is 405 g/mol. The molecule has 1 N–H and O–H groups in total. The van der Waals surface area contributed by atoms with Crippen molar-refractivity contribution in [3.8, 4) is 6.07 Å². The number of nitrogens with one attached hydrogen (secondary N) is 1. The van der Waals surface area contributed by atoms with E-state index in [-0.39, 0.29) is 16.5 Å². The van der Waals surface area contributed by atoms with Gasteiger partial charge in [0.05, 0.1) is 31.7 Å². The summed E-state index contributed by atoms with van der Waals surface area (Å²) < 4.78 is 23.0. The summed E-state index contributed by atoms with van der Waals surface area (Å²) in [5, 5.41) is 11.7. The number of rotatable bonds is 2. The highest BCUT2D eigenvalue weighted by Gasteiger charge is 2.19. The molecule has 0 aromatic heterocycles. The van der Waals surface area contributed by atoms with E-state index in [1.165, 1.54) is 39.4 Å². The van der Waals surface area contributed by atoms with Crippen molar-refractivity contribution in [2.45, 2.75) is 17.7 Å². The molecule has 106 valence electrons. The summed E-state index contributed by atoms with van der Waals surface area (Å²) in [7, 11) is -3.48. The molecule has 0 radical (unpaired) electrons. The third-order valence-corrected chi connectivity index (χ3v) is 5.31. The van der Waals surface area contributed by atoms with Gasteiger partial charge in [0.1, 0.15) is 6.07 Å². The molecule has 1 aliphatic heterocycles. The molecule has 0 saturated carbocycles. The minimum absolute atomic E-state index is 0.0265. The molecule has 0 bridgehead atoms. The van der Waals surface area contributed by atoms with Crippen LogP contribution in [0.4, 0.5) is 10.5 Å². The van der Waals surface area contributed by atoms with Crippen LogP contribution in [0.2, 0.25) is 0 Å². The van der Waals surface area contributed by atoms with Crippen LogP contribution in [0.5, 0.6) is 0 Å². The largest absolute Gasteiger partial charge is 0.325 e. The Balaban J connectivity index is 2.22. The molecule has 1 aromatic carbocycles.